The van der Waals surface area contributed by atoms with Crippen molar-refractivity contribution in [2.24, 2.45) is 5.92 Å². The summed E-state index contributed by atoms with van der Waals surface area (Å²) in [6.45, 7) is 1.01. The number of nitrogens with one attached hydrogen (secondary N) is 2. The van der Waals surface area contributed by atoms with Gasteiger partial charge in [0.15, 0.2) is 0 Å². The van der Waals surface area contributed by atoms with E-state index < -0.39 is 0 Å². The minimum atomic E-state index is 0.481. The summed E-state index contributed by atoms with van der Waals surface area (Å²) in [5, 5.41) is 0. The molecule has 47 valence electrons. The van der Waals surface area contributed by atoms with Crippen molar-refractivity contribution in [3.63, 3.8) is 0 Å². The SMILES string of the molecule is [C]1=CC=CC2NNCC12. The van der Waals surface area contributed by atoms with Crippen LogP contribution >= 0.6 is 0 Å². The van der Waals surface area contributed by atoms with E-state index in [0.29, 0.717) is 12.0 Å². The molecule has 9 heavy (non-hydrogen) atoms. The normalized spacial score (nSPS) is 39.1. The third kappa shape index (κ3) is 0.802. The van der Waals surface area contributed by atoms with Crippen molar-refractivity contribution in [1.29, 1.82) is 0 Å². The summed E-state index contributed by atoms with van der Waals surface area (Å²) in [5.41, 5.74) is 6.22. The molecular weight excluding hydrogens is 112 g/mol. The molecule has 2 atom stereocenters. The molecule has 1 radical (unpaired) electrons. The molecule has 1 aliphatic carbocycles. The number of fused-ring (bicyclic) bond motifs is 1. The Balaban J connectivity index is 2.18. The Labute approximate surface area is 54.6 Å². The van der Waals surface area contributed by atoms with Gasteiger partial charge in [-0.05, 0) is 6.08 Å². The summed E-state index contributed by atoms with van der Waals surface area (Å²) in [7, 11) is 0. The Hall–Kier alpha value is -0.600. The molecule has 0 spiro atoms. The van der Waals surface area contributed by atoms with E-state index in [2.05, 4.69) is 23.0 Å². The summed E-state index contributed by atoms with van der Waals surface area (Å²) in [6, 6.07) is 0.481. The first-order chi connectivity index (χ1) is 4.47. The molecule has 2 unspecified atom stereocenters. The first kappa shape index (κ1) is 5.21. The highest BCUT2D eigenvalue weighted by Crippen LogP contribution is 2.13. The zero-order valence-corrected chi connectivity index (χ0v) is 5.09. The summed E-state index contributed by atoms with van der Waals surface area (Å²) < 4.78 is 0. The maximum Gasteiger partial charge on any atom is 0.0477 e. The molecule has 0 aromatic rings. The average molecular weight is 121 g/mol. The fourth-order valence-electron chi connectivity index (χ4n) is 1.21. The van der Waals surface area contributed by atoms with Crippen LogP contribution in [0.1, 0.15) is 0 Å². The number of allylic oxidation sites excluding steroid dienone is 2. The summed E-state index contributed by atoms with van der Waals surface area (Å²) >= 11 is 0. The van der Waals surface area contributed by atoms with Crippen molar-refractivity contribution in [3.05, 3.63) is 24.3 Å². The molecule has 1 heterocycles. The molecule has 1 aliphatic heterocycles. The van der Waals surface area contributed by atoms with Gasteiger partial charge in [-0.25, -0.2) is 0 Å². The highest BCUT2D eigenvalue weighted by Gasteiger charge is 2.23. The Kier molecular flexibility index (Phi) is 1.14. The maximum absolute atomic E-state index is 3.24. The van der Waals surface area contributed by atoms with Crippen LogP contribution in [0.5, 0.6) is 0 Å². The van der Waals surface area contributed by atoms with Crippen LogP contribution in [0.3, 0.4) is 0 Å². The maximum atomic E-state index is 3.24. The van der Waals surface area contributed by atoms with Crippen molar-refractivity contribution in [3.8, 4) is 0 Å². The molecular formula is C7H9N2. The quantitative estimate of drug-likeness (QED) is 0.471. The third-order valence-electron chi connectivity index (χ3n) is 1.75. The third-order valence-corrected chi connectivity index (χ3v) is 1.75. The van der Waals surface area contributed by atoms with Gasteiger partial charge in [0.2, 0.25) is 0 Å². The predicted molar refractivity (Wildman–Crippen MR) is 35.4 cm³/mol. The first-order valence-corrected chi connectivity index (χ1v) is 3.21. The van der Waals surface area contributed by atoms with E-state index in [1.807, 2.05) is 12.2 Å². The molecule has 1 saturated heterocycles. The number of hydrogen-bond acceptors (Lipinski definition) is 2. The van der Waals surface area contributed by atoms with Crippen LogP contribution in [0.25, 0.3) is 0 Å². The lowest BCUT2D eigenvalue weighted by Gasteiger charge is -2.11. The molecule has 0 amide bonds. The predicted octanol–water partition coefficient (Wildman–Crippen LogP) is 0.00819. The summed E-state index contributed by atoms with van der Waals surface area (Å²) in [4.78, 5) is 0. The Morgan fingerprint density at radius 3 is 3.44 bits per heavy atom. The van der Waals surface area contributed by atoms with E-state index in [9.17, 15) is 0 Å². The standard InChI is InChI=1S/C7H9N2/c1-2-4-7-6(3-1)5-8-9-7/h1-2,4,6-9H,5H2. The van der Waals surface area contributed by atoms with Gasteiger partial charge >= 0.3 is 0 Å². The number of hydrogen-bond donors (Lipinski definition) is 2. The Morgan fingerprint density at radius 1 is 1.56 bits per heavy atom. The van der Waals surface area contributed by atoms with Gasteiger partial charge in [-0.3, -0.25) is 10.9 Å². The van der Waals surface area contributed by atoms with Crippen LogP contribution in [-0.4, -0.2) is 12.6 Å². The lowest BCUT2D eigenvalue weighted by Crippen LogP contribution is -2.30. The molecule has 2 nitrogen and oxygen atoms in total. The summed E-state index contributed by atoms with van der Waals surface area (Å²) in [6.07, 6.45) is 9.41. The molecule has 2 aliphatic rings. The van der Waals surface area contributed by atoms with Crippen LogP contribution in [-0.2, 0) is 0 Å². The van der Waals surface area contributed by atoms with Gasteiger partial charge < -0.3 is 0 Å². The van der Waals surface area contributed by atoms with Gasteiger partial charge in [0.05, 0.1) is 0 Å². The second-order valence-corrected chi connectivity index (χ2v) is 2.38. The minimum Gasteiger partial charge on any atom is -0.257 e. The zero-order valence-electron chi connectivity index (χ0n) is 5.09. The van der Waals surface area contributed by atoms with E-state index in [-0.39, 0.29) is 0 Å². The first-order valence-electron chi connectivity index (χ1n) is 3.21. The van der Waals surface area contributed by atoms with Crippen LogP contribution in [0.4, 0.5) is 0 Å². The van der Waals surface area contributed by atoms with Crippen LogP contribution in [0, 0.1) is 12.0 Å². The van der Waals surface area contributed by atoms with E-state index in [4.69, 9.17) is 0 Å². The number of hydrazine groups is 1. The Bertz CT molecular complexity index is 142. The minimum absolute atomic E-state index is 0.481. The van der Waals surface area contributed by atoms with Crippen LogP contribution in [0.15, 0.2) is 18.2 Å². The smallest absolute Gasteiger partial charge is 0.0477 e. The number of rotatable bonds is 0. The molecule has 1 fully saturated rings. The largest absolute Gasteiger partial charge is 0.257 e. The summed E-state index contributed by atoms with van der Waals surface area (Å²) in [5.74, 6) is 0.551. The van der Waals surface area contributed by atoms with Gasteiger partial charge in [0.25, 0.3) is 0 Å². The second kappa shape index (κ2) is 1.97. The highest BCUT2D eigenvalue weighted by atomic mass is 15.4. The van der Waals surface area contributed by atoms with E-state index in [0.717, 1.165) is 6.54 Å². The van der Waals surface area contributed by atoms with E-state index in [1.54, 1.807) is 0 Å². The molecule has 2 rings (SSSR count). The van der Waals surface area contributed by atoms with Crippen molar-refractivity contribution in [2.75, 3.05) is 6.54 Å². The second-order valence-electron chi connectivity index (χ2n) is 2.38. The fraction of sp³-hybridized carbons (Fsp3) is 0.429. The van der Waals surface area contributed by atoms with Crippen molar-refractivity contribution < 1.29 is 0 Å². The molecule has 2 N–H and O–H groups in total. The molecule has 2 heteroatoms. The van der Waals surface area contributed by atoms with Crippen molar-refractivity contribution in [2.45, 2.75) is 6.04 Å². The van der Waals surface area contributed by atoms with Crippen molar-refractivity contribution in [1.82, 2.24) is 10.9 Å². The molecule has 0 aromatic carbocycles. The van der Waals surface area contributed by atoms with Gasteiger partial charge in [-0.1, -0.05) is 18.2 Å². The topological polar surface area (TPSA) is 24.1 Å². The van der Waals surface area contributed by atoms with Crippen molar-refractivity contribution >= 4 is 0 Å². The lowest BCUT2D eigenvalue weighted by molar-refractivity contribution is 0.594. The van der Waals surface area contributed by atoms with Gasteiger partial charge in [-0.2, -0.15) is 0 Å². The molecule has 0 saturated carbocycles. The average Bonchev–Trinajstić information content (AvgIpc) is 2.33. The van der Waals surface area contributed by atoms with Crippen LogP contribution in [0.2, 0.25) is 0 Å². The highest BCUT2D eigenvalue weighted by molar-refractivity contribution is 5.15. The fourth-order valence-corrected chi connectivity index (χ4v) is 1.21. The van der Waals surface area contributed by atoms with Crippen LogP contribution < -0.4 is 10.9 Å². The zero-order chi connectivity index (χ0) is 6.10. The molecule has 0 aromatic heterocycles. The van der Waals surface area contributed by atoms with Gasteiger partial charge in [0, 0.05) is 18.5 Å². The lowest BCUT2D eigenvalue weighted by atomic mass is 9.98. The Morgan fingerprint density at radius 2 is 2.56 bits per heavy atom. The monoisotopic (exact) mass is 121 g/mol. The van der Waals surface area contributed by atoms with E-state index >= 15 is 0 Å². The van der Waals surface area contributed by atoms with Gasteiger partial charge in [-0.15, -0.1) is 0 Å². The molecule has 0 bridgehead atoms. The van der Waals surface area contributed by atoms with E-state index in [1.165, 1.54) is 0 Å². The van der Waals surface area contributed by atoms with Gasteiger partial charge in [0.1, 0.15) is 0 Å².